The smallest absolute Gasteiger partial charge is 0.122 e. The highest BCUT2D eigenvalue weighted by Crippen LogP contribution is 2.16. The van der Waals surface area contributed by atoms with Crippen molar-refractivity contribution in [3.8, 4) is 5.75 Å². The molecule has 22 heavy (non-hydrogen) atoms. The molecule has 0 bridgehead atoms. The molecular weight excluding hydrogens is 280 g/mol. The Hall–Kier alpha value is -1.14. The minimum absolute atomic E-state index is 0.326. The van der Waals surface area contributed by atoms with Crippen molar-refractivity contribution in [2.45, 2.75) is 13.0 Å². The molecule has 5 heteroatoms. The standard InChI is InChI=1S/C17H28N2O3/c1-15-5-3-4-6-17(15)22-14-16(20)13-18(2)7-8-19-9-11-21-12-10-19/h3-6,16,20H,7-14H2,1-2H3. The highest BCUT2D eigenvalue weighted by Gasteiger charge is 2.13. The van der Waals surface area contributed by atoms with Crippen LogP contribution in [0.2, 0.25) is 0 Å². The number of aryl methyl sites for hydroxylation is 1. The molecule has 5 nitrogen and oxygen atoms in total. The molecule has 1 N–H and O–H groups in total. The van der Waals surface area contributed by atoms with Gasteiger partial charge in [0.25, 0.3) is 0 Å². The molecule has 2 rings (SSSR count). The number of benzene rings is 1. The summed E-state index contributed by atoms with van der Waals surface area (Å²) in [4.78, 5) is 4.55. The van der Waals surface area contributed by atoms with Crippen LogP contribution in [0.25, 0.3) is 0 Å². The van der Waals surface area contributed by atoms with Crippen molar-refractivity contribution in [1.82, 2.24) is 9.80 Å². The molecule has 0 spiro atoms. The first-order chi connectivity index (χ1) is 10.6. The molecule has 124 valence electrons. The summed E-state index contributed by atoms with van der Waals surface area (Å²) < 4.78 is 11.0. The van der Waals surface area contributed by atoms with Gasteiger partial charge in [-0.1, -0.05) is 18.2 Å². The number of hydrogen-bond donors (Lipinski definition) is 1. The molecule has 1 aliphatic rings. The van der Waals surface area contributed by atoms with E-state index in [0.29, 0.717) is 13.2 Å². The maximum atomic E-state index is 10.1. The van der Waals surface area contributed by atoms with Crippen LogP contribution in [-0.2, 0) is 4.74 Å². The molecule has 1 atom stereocenters. The number of para-hydroxylation sites is 1. The fourth-order valence-corrected chi connectivity index (χ4v) is 2.55. The van der Waals surface area contributed by atoms with Crippen LogP contribution in [0.15, 0.2) is 24.3 Å². The van der Waals surface area contributed by atoms with Crippen LogP contribution < -0.4 is 4.74 Å². The molecule has 0 amide bonds. The van der Waals surface area contributed by atoms with Crippen LogP contribution in [-0.4, -0.2) is 80.6 Å². The van der Waals surface area contributed by atoms with E-state index in [4.69, 9.17) is 9.47 Å². The summed E-state index contributed by atoms with van der Waals surface area (Å²) in [5.74, 6) is 0.845. The SMILES string of the molecule is Cc1ccccc1OCC(O)CN(C)CCN1CCOCC1. The number of rotatable bonds is 8. The van der Waals surface area contributed by atoms with Crippen LogP contribution in [0.5, 0.6) is 5.75 Å². The molecule has 0 aliphatic carbocycles. The lowest BCUT2D eigenvalue weighted by molar-refractivity contribution is 0.0296. The molecule has 0 saturated carbocycles. The van der Waals surface area contributed by atoms with Gasteiger partial charge in [0.05, 0.1) is 13.2 Å². The molecule has 1 aromatic carbocycles. The second-order valence-corrected chi connectivity index (χ2v) is 5.95. The Balaban J connectivity index is 1.63. The maximum absolute atomic E-state index is 10.1. The minimum Gasteiger partial charge on any atom is -0.491 e. The Kier molecular flexibility index (Phi) is 7.12. The Morgan fingerprint density at radius 3 is 2.77 bits per heavy atom. The minimum atomic E-state index is -0.478. The fourth-order valence-electron chi connectivity index (χ4n) is 2.55. The first kappa shape index (κ1) is 17.2. The quantitative estimate of drug-likeness (QED) is 0.776. The highest BCUT2D eigenvalue weighted by molar-refractivity contribution is 5.31. The van der Waals surface area contributed by atoms with Gasteiger partial charge in [-0.25, -0.2) is 0 Å². The van der Waals surface area contributed by atoms with E-state index >= 15 is 0 Å². The summed E-state index contributed by atoms with van der Waals surface area (Å²) in [5, 5.41) is 10.1. The number of aliphatic hydroxyl groups is 1. The van der Waals surface area contributed by atoms with E-state index in [1.54, 1.807) is 0 Å². The van der Waals surface area contributed by atoms with Gasteiger partial charge in [0.2, 0.25) is 0 Å². The molecule has 1 unspecified atom stereocenters. The van der Waals surface area contributed by atoms with Crippen molar-refractivity contribution in [3.05, 3.63) is 29.8 Å². The maximum Gasteiger partial charge on any atom is 0.122 e. The summed E-state index contributed by atoms with van der Waals surface area (Å²) in [7, 11) is 2.04. The Bertz CT molecular complexity index is 436. The molecule has 1 saturated heterocycles. The second kappa shape index (κ2) is 9.10. The van der Waals surface area contributed by atoms with E-state index in [2.05, 4.69) is 9.80 Å². The number of morpholine rings is 1. The number of ether oxygens (including phenoxy) is 2. The third-order valence-corrected chi connectivity index (χ3v) is 3.95. The van der Waals surface area contributed by atoms with Crippen molar-refractivity contribution in [2.75, 3.05) is 59.6 Å². The summed E-state index contributed by atoms with van der Waals surface area (Å²) in [5.41, 5.74) is 1.09. The number of hydrogen-bond acceptors (Lipinski definition) is 5. The van der Waals surface area contributed by atoms with Crippen molar-refractivity contribution >= 4 is 0 Å². The van der Waals surface area contributed by atoms with E-state index < -0.39 is 6.10 Å². The molecule has 1 aliphatic heterocycles. The van der Waals surface area contributed by atoms with Gasteiger partial charge in [-0.2, -0.15) is 0 Å². The number of likely N-dealkylation sites (N-methyl/N-ethyl adjacent to an activating group) is 1. The fraction of sp³-hybridized carbons (Fsp3) is 0.647. The average molecular weight is 308 g/mol. The number of nitrogens with zero attached hydrogens (tertiary/aromatic N) is 2. The monoisotopic (exact) mass is 308 g/mol. The van der Waals surface area contributed by atoms with Gasteiger partial charge < -0.3 is 19.5 Å². The predicted octanol–water partition coefficient (Wildman–Crippen LogP) is 0.999. The third kappa shape index (κ3) is 5.93. The van der Waals surface area contributed by atoms with Gasteiger partial charge in [-0.05, 0) is 25.6 Å². The molecule has 1 fully saturated rings. The third-order valence-electron chi connectivity index (χ3n) is 3.95. The summed E-state index contributed by atoms with van der Waals surface area (Å²) in [6.07, 6.45) is -0.478. The molecular formula is C17H28N2O3. The first-order valence-electron chi connectivity index (χ1n) is 8.00. The first-order valence-corrected chi connectivity index (χ1v) is 8.00. The lowest BCUT2D eigenvalue weighted by Gasteiger charge is -2.29. The normalized spacial score (nSPS) is 17.6. The van der Waals surface area contributed by atoms with E-state index in [-0.39, 0.29) is 0 Å². The highest BCUT2D eigenvalue weighted by atomic mass is 16.5. The van der Waals surface area contributed by atoms with E-state index in [1.807, 2.05) is 38.2 Å². The van der Waals surface area contributed by atoms with Crippen LogP contribution in [0.3, 0.4) is 0 Å². The van der Waals surface area contributed by atoms with E-state index in [1.165, 1.54) is 0 Å². The van der Waals surface area contributed by atoms with Crippen molar-refractivity contribution in [3.63, 3.8) is 0 Å². The predicted molar refractivity (Wildman–Crippen MR) is 87.4 cm³/mol. The van der Waals surface area contributed by atoms with Gasteiger partial charge in [0.15, 0.2) is 0 Å². The van der Waals surface area contributed by atoms with Crippen molar-refractivity contribution in [1.29, 1.82) is 0 Å². The second-order valence-electron chi connectivity index (χ2n) is 5.95. The largest absolute Gasteiger partial charge is 0.491 e. The van der Waals surface area contributed by atoms with Gasteiger partial charge in [-0.3, -0.25) is 4.90 Å². The zero-order valence-corrected chi connectivity index (χ0v) is 13.7. The van der Waals surface area contributed by atoms with Crippen molar-refractivity contribution in [2.24, 2.45) is 0 Å². The molecule has 0 radical (unpaired) electrons. The van der Waals surface area contributed by atoms with Gasteiger partial charge in [0.1, 0.15) is 18.5 Å². The zero-order valence-electron chi connectivity index (χ0n) is 13.7. The Morgan fingerprint density at radius 1 is 1.32 bits per heavy atom. The van der Waals surface area contributed by atoms with Crippen LogP contribution >= 0.6 is 0 Å². The Morgan fingerprint density at radius 2 is 2.05 bits per heavy atom. The van der Waals surface area contributed by atoms with Crippen LogP contribution in [0, 0.1) is 6.92 Å². The molecule has 1 heterocycles. The summed E-state index contributed by atoms with van der Waals surface area (Å²) in [6, 6.07) is 7.88. The van der Waals surface area contributed by atoms with E-state index in [0.717, 1.165) is 50.7 Å². The summed E-state index contributed by atoms with van der Waals surface area (Å²) in [6.45, 7) is 8.60. The lowest BCUT2D eigenvalue weighted by Crippen LogP contribution is -2.42. The van der Waals surface area contributed by atoms with Crippen molar-refractivity contribution < 1.29 is 14.6 Å². The summed E-state index contributed by atoms with van der Waals surface area (Å²) >= 11 is 0. The van der Waals surface area contributed by atoms with Gasteiger partial charge in [0, 0.05) is 32.7 Å². The molecule has 0 aromatic heterocycles. The number of aliphatic hydroxyl groups excluding tert-OH is 1. The van der Waals surface area contributed by atoms with Gasteiger partial charge in [-0.15, -0.1) is 0 Å². The lowest BCUT2D eigenvalue weighted by atomic mass is 10.2. The van der Waals surface area contributed by atoms with Crippen LogP contribution in [0.4, 0.5) is 0 Å². The Labute approximate surface area is 133 Å². The average Bonchev–Trinajstić information content (AvgIpc) is 2.53. The molecule has 1 aromatic rings. The van der Waals surface area contributed by atoms with E-state index in [9.17, 15) is 5.11 Å². The van der Waals surface area contributed by atoms with Crippen LogP contribution in [0.1, 0.15) is 5.56 Å². The zero-order chi connectivity index (χ0) is 15.8. The van der Waals surface area contributed by atoms with Gasteiger partial charge >= 0.3 is 0 Å². The topological polar surface area (TPSA) is 45.2 Å².